The van der Waals surface area contributed by atoms with Crippen LogP contribution >= 0.6 is 8.58 Å². The van der Waals surface area contributed by atoms with Crippen molar-refractivity contribution in [1.29, 1.82) is 0 Å². The van der Waals surface area contributed by atoms with E-state index in [9.17, 15) is 14.4 Å². The van der Waals surface area contributed by atoms with E-state index >= 15 is 0 Å². The molecule has 0 spiro atoms. The number of aromatic carboxylic acids is 1. The molecule has 7 heteroatoms. The van der Waals surface area contributed by atoms with E-state index in [0.717, 1.165) is 0 Å². The third-order valence-electron chi connectivity index (χ3n) is 3.81. The minimum Gasteiger partial charge on any atom is -0.478 e. The number of hydrogen-bond donors (Lipinski definition) is 1. The summed E-state index contributed by atoms with van der Waals surface area (Å²) in [7, 11) is 0.388. The van der Waals surface area contributed by atoms with Gasteiger partial charge in [-0.25, -0.2) is 9.59 Å². The highest BCUT2D eigenvalue weighted by atomic mass is 31.1. The van der Waals surface area contributed by atoms with Crippen LogP contribution in [-0.2, 0) is 14.3 Å². The Bertz CT molecular complexity index is 664. The zero-order chi connectivity index (χ0) is 20.0. The highest BCUT2D eigenvalue weighted by Crippen LogP contribution is 2.40. The van der Waals surface area contributed by atoms with Gasteiger partial charge in [0, 0.05) is 0 Å². The molecule has 144 valence electrons. The average Bonchev–Trinajstić information content (AvgIpc) is 2.56. The highest BCUT2D eigenvalue weighted by Gasteiger charge is 2.37. The Hall–Kier alpha value is -1.94. The number of ether oxygens (including phenoxy) is 2. The standard InChI is InChI=1S/C19H27O6P/c1-18(2,3)12-19(4,26-5)17(23)25-11-10-24-16(22)14-9-7-6-8-13(14)15(20)21/h6-9,26H,10-12H2,1-5H3,(H,20,21). The van der Waals surface area contributed by atoms with Gasteiger partial charge in [0.25, 0.3) is 0 Å². The van der Waals surface area contributed by atoms with Gasteiger partial charge in [0.05, 0.1) is 16.3 Å². The summed E-state index contributed by atoms with van der Waals surface area (Å²) in [6.07, 6.45) is 0.694. The monoisotopic (exact) mass is 382 g/mol. The minimum absolute atomic E-state index is 0.0101. The van der Waals surface area contributed by atoms with Gasteiger partial charge in [0.2, 0.25) is 0 Å². The zero-order valence-electron chi connectivity index (χ0n) is 15.9. The third kappa shape index (κ3) is 6.41. The second-order valence-corrected chi connectivity index (χ2v) is 9.05. The van der Waals surface area contributed by atoms with Crippen LogP contribution in [0.15, 0.2) is 24.3 Å². The van der Waals surface area contributed by atoms with Crippen molar-refractivity contribution in [2.75, 3.05) is 19.9 Å². The summed E-state index contributed by atoms with van der Waals surface area (Å²) in [6.45, 7) is 9.87. The molecule has 0 aliphatic rings. The lowest BCUT2D eigenvalue weighted by Crippen LogP contribution is -2.37. The molecule has 0 amide bonds. The Morgan fingerprint density at radius 1 is 1.00 bits per heavy atom. The fourth-order valence-electron chi connectivity index (χ4n) is 2.68. The summed E-state index contributed by atoms with van der Waals surface area (Å²) >= 11 is 0. The maximum absolute atomic E-state index is 12.4. The van der Waals surface area contributed by atoms with Crippen molar-refractivity contribution in [1.82, 2.24) is 0 Å². The summed E-state index contributed by atoms with van der Waals surface area (Å²) in [5.74, 6) is -2.27. The number of carbonyl (C=O) groups excluding carboxylic acids is 2. The van der Waals surface area contributed by atoms with Gasteiger partial charge in [-0.15, -0.1) is 8.58 Å². The van der Waals surface area contributed by atoms with Gasteiger partial charge >= 0.3 is 17.9 Å². The molecule has 0 saturated carbocycles. The molecule has 2 unspecified atom stereocenters. The van der Waals surface area contributed by atoms with Crippen LogP contribution in [0.4, 0.5) is 0 Å². The first kappa shape index (κ1) is 22.1. The second-order valence-electron chi connectivity index (χ2n) is 7.44. The van der Waals surface area contributed by atoms with E-state index in [4.69, 9.17) is 14.6 Å². The lowest BCUT2D eigenvalue weighted by Gasteiger charge is -2.32. The lowest BCUT2D eigenvalue weighted by molar-refractivity contribution is -0.148. The molecule has 1 aromatic carbocycles. The van der Waals surface area contributed by atoms with Crippen LogP contribution in [0.1, 0.15) is 54.8 Å². The van der Waals surface area contributed by atoms with Gasteiger partial charge in [-0.3, -0.25) is 4.79 Å². The summed E-state index contributed by atoms with van der Waals surface area (Å²) in [4.78, 5) is 35.6. The highest BCUT2D eigenvalue weighted by molar-refractivity contribution is 7.40. The molecule has 0 aliphatic carbocycles. The van der Waals surface area contributed by atoms with E-state index in [1.165, 1.54) is 18.2 Å². The fourth-order valence-corrected chi connectivity index (χ4v) is 3.66. The molecule has 0 fully saturated rings. The smallest absolute Gasteiger partial charge is 0.339 e. The molecular formula is C19H27O6P. The second kappa shape index (κ2) is 9.13. The maximum Gasteiger partial charge on any atom is 0.339 e. The zero-order valence-corrected chi connectivity index (χ0v) is 16.9. The van der Waals surface area contributed by atoms with Gasteiger partial charge in [-0.1, -0.05) is 32.9 Å². The van der Waals surface area contributed by atoms with Crippen LogP contribution in [0.25, 0.3) is 0 Å². The van der Waals surface area contributed by atoms with Crippen molar-refractivity contribution < 1.29 is 29.0 Å². The van der Waals surface area contributed by atoms with Gasteiger partial charge in [-0.05, 0) is 37.6 Å². The molecule has 1 aromatic rings. The van der Waals surface area contributed by atoms with Crippen molar-refractivity contribution in [2.24, 2.45) is 5.41 Å². The Balaban J connectivity index is 2.57. The molecular weight excluding hydrogens is 355 g/mol. The van der Waals surface area contributed by atoms with Crippen molar-refractivity contribution in [3.05, 3.63) is 35.4 Å². The molecule has 26 heavy (non-hydrogen) atoms. The van der Waals surface area contributed by atoms with Gasteiger partial charge in [-0.2, -0.15) is 0 Å². The Labute approximate surface area is 156 Å². The summed E-state index contributed by atoms with van der Waals surface area (Å²) in [5, 5.41) is 8.52. The maximum atomic E-state index is 12.4. The first-order chi connectivity index (χ1) is 12.0. The van der Waals surface area contributed by atoms with Gasteiger partial charge in [0.15, 0.2) is 0 Å². The fraction of sp³-hybridized carbons (Fsp3) is 0.526. The largest absolute Gasteiger partial charge is 0.478 e. The van der Waals surface area contributed by atoms with E-state index in [-0.39, 0.29) is 35.7 Å². The predicted molar refractivity (Wildman–Crippen MR) is 101 cm³/mol. The first-order valence-electron chi connectivity index (χ1n) is 8.36. The van der Waals surface area contributed by atoms with Crippen molar-refractivity contribution in [2.45, 2.75) is 39.3 Å². The molecule has 0 radical (unpaired) electrons. The normalized spacial score (nSPS) is 14.0. The molecule has 1 N–H and O–H groups in total. The molecule has 0 saturated heterocycles. The summed E-state index contributed by atoms with van der Waals surface area (Å²) in [6, 6.07) is 5.81. The van der Waals surface area contributed by atoms with Crippen molar-refractivity contribution in [3.63, 3.8) is 0 Å². The van der Waals surface area contributed by atoms with Crippen molar-refractivity contribution >= 4 is 26.5 Å². The van der Waals surface area contributed by atoms with Crippen LogP contribution in [0, 0.1) is 5.41 Å². The number of carboxylic acid groups (broad SMARTS) is 1. The summed E-state index contributed by atoms with van der Waals surface area (Å²) < 4.78 is 10.3. The van der Waals surface area contributed by atoms with Crippen LogP contribution < -0.4 is 0 Å². The van der Waals surface area contributed by atoms with E-state index in [2.05, 4.69) is 20.8 Å². The van der Waals surface area contributed by atoms with E-state index < -0.39 is 17.1 Å². The molecule has 0 aliphatic heterocycles. The number of benzene rings is 1. The van der Waals surface area contributed by atoms with Crippen LogP contribution in [0.3, 0.4) is 0 Å². The third-order valence-corrected chi connectivity index (χ3v) is 5.30. The number of rotatable bonds is 8. The van der Waals surface area contributed by atoms with Crippen molar-refractivity contribution in [3.8, 4) is 0 Å². The molecule has 1 rings (SSSR count). The molecule has 6 nitrogen and oxygen atoms in total. The average molecular weight is 382 g/mol. The SMILES string of the molecule is CPC(C)(CC(C)(C)C)C(=O)OCCOC(=O)c1ccccc1C(=O)O. The van der Waals surface area contributed by atoms with E-state index in [1.54, 1.807) is 6.07 Å². The quantitative estimate of drug-likeness (QED) is 0.420. The molecule has 0 bridgehead atoms. The lowest BCUT2D eigenvalue weighted by atomic mass is 9.85. The Kier molecular flexibility index (Phi) is 7.76. The molecule has 2 atom stereocenters. The number of hydrogen-bond acceptors (Lipinski definition) is 5. The van der Waals surface area contributed by atoms with Crippen LogP contribution in [0.5, 0.6) is 0 Å². The van der Waals surface area contributed by atoms with E-state index in [0.29, 0.717) is 15.0 Å². The van der Waals surface area contributed by atoms with E-state index in [1.807, 2.05) is 13.6 Å². The van der Waals surface area contributed by atoms with Gasteiger partial charge < -0.3 is 14.6 Å². The summed E-state index contributed by atoms with van der Waals surface area (Å²) in [5.41, 5.74) is -0.164. The Morgan fingerprint density at radius 2 is 1.54 bits per heavy atom. The van der Waals surface area contributed by atoms with Crippen LogP contribution in [-0.4, -0.2) is 48.0 Å². The molecule has 0 aromatic heterocycles. The first-order valence-corrected chi connectivity index (χ1v) is 9.86. The number of carboxylic acids is 1. The topological polar surface area (TPSA) is 89.9 Å². The Morgan fingerprint density at radius 3 is 2.04 bits per heavy atom. The number of esters is 2. The number of carbonyl (C=O) groups is 3. The minimum atomic E-state index is -1.20. The van der Waals surface area contributed by atoms with Crippen LogP contribution in [0.2, 0.25) is 0 Å². The predicted octanol–water partition coefficient (Wildman–Crippen LogP) is 3.59. The molecule has 0 heterocycles. The van der Waals surface area contributed by atoms with Gasteiger partial charge in [0.1, 0.15) is 13.2 Å².